The third-order valence-electron chi connectivity index (χ3n) is 4.63. The highest BCUT2D eigenvalue weighted by molar-refractivity contribution is 6.01. The number of aromatic nitrogens is 1. The minimum Gasteiger partial charge on any atom is -0.307 e. The molecular weight excluding hydrogens is 308 g/mol. The summed E-state index contributed by atoms with van der Waals surface area (Å²) >= 11 is 0. The van der Waals surface area contributed by atoms with Crippen LogP contribution in [0.4, 0.5) is 0 Å². The summed E-state index contributed by atoms with van der Waals surface area (Å²) in [4.78, 5) is 17.7. The van der Waals surface area contributed by atoms with Crippen molar-refractivity contribution in [1.82, 2.24) is 10.3 Å². The minimum absolute atomic E-state index is 0.0744. The van der Waals surface area contributed by atoms with Gasteiger partial charge in [-0.3, -0.25) is 4.79 Å². The van der Waals surface area contributed by atoms with Gasteiger partial charge in [-0.15, -0.1) is 0 Å². The lowest BCUT2D eigenvalue weighted by Crippen LogP contribution is -2.30. The molecule has 1 saturated heterocycles. The van der Waals surface area contributed by atoms with Crippen LogP contribution >= 0.6 is 0 Å². The van der Waals surface area contributed by atoms with Gasteiger partial charge in [0.25, 0.3) is 0 Å². The highest BCUT2D eigenvalue weighted by atomic mass is 16.1. The summed E-state index contributed by atoms with van der Waals surface area (Å²) in [5.74, 6) is 0.161. The number of carbonyl (C=O) groups is 1. The number of carbonyl (C=O) groups excluding carboxylic acids is 1. The van der Waals surface area contributed by atoms with Crippen molar-refractivity contribution < 1.29 is 4.79 Å². The Bertz CT molecular complexity index is 811. The second-order valence-electron chi connectivity index (χ2n) is 6.37. The van der Waals surface area contributed by atoms with Gasteiger partial charge in [0.1, 0.15) is 0 Å². The lowest BCUT2D eigenvalue weighted by molar-refractivity contribution is 0.0952. The Balaban J connectivity index is 1.82. The molecule has 1 N–H and O–H groups in total. The maximum absolute atomic E-state index is 12.9. The van der Waals surface area contributed by atoms with Crippen molar-refractivity contribution in [2.24, 2.45) is 0 Å². The Morgan fingerprint density at radius 1 is 0.880 bits per heavy atom. The van der Waals surface area contributed by atoms with Crippen LogP contribution in [-0.4, -0.2) is 23.4 Å². The first-order chi connectivity index (χ1) is 12.3. The van der Waals surface area contributed by atoms with Crippen molar-refractivity contribution in [1.29, 1.82) is 0 Å². The van der Waals surface area contributed by atoms with E-state index in [1.807, 2.05) is 72.8 Å². The summed E-state index contributed by atoms with van der Waals surface area (Å²) < 4.78 is 0. The molecule has 3 aromatic rings. The molecule has 1 fully saturated rings. The molecule has 0 aliphatic carbocycles. The molecular formula is C22H20N2O. The van der Waals surface area contributed by atoms with Crippen molar-refractivity contribution in [2.75, 3.05) is 6.54 Å². The van der Waals surface area contributed by atoms with E-state index in [0.717, 1.165) is 47.5 Å². The van der Waals surface area contributed by atoms with Gasteiger partial charge in [0.15, 0.2) is 5.78 Å². The first-order valence-corrected chi connectivity index (χ1v) is 8.72. The summed E-state index contributed by atoms with van der Waals surface area (Å²) in [6, 6.07) is 23.8. The molecule has 1 atom stereocenters. The van der Waals surface area contributed by atoms with Gasteiger partial charge < -0.3 is 5.32 Å². The first kappa shape index (κ1) is 15.7. The maximum Gasteiger partial charge on any atom is 0.179 e. The predicted molar refractivity (Wildman–Crippen MR) is 100 cm³/mol. The van der Waals surface area contributed by atoms with Crippen molar-refractivity contribution in [3.8, 4) is 22.5 Å². The van der Waals surface area contributed by atoms with E-state index < -0.39 is 0 Å². The molecule has 1 unspecified atom stereocenters. The lowest BCUT2D eigenvalue weighted by atomic mass is 9.98. The number of Topliss-reactive ketones (excluding diaryl/α,β-unsaturated/α-hetero) is 1. The van der Waals surface area contributed by atoms with Crippen LogP contribution in [0, 0.1) is 0 Å². The third kappa shape index (κ3) is 3.37. The summed E-state index contributed by atoms with van der Waals surface area (Å²) in [6.45, 7) is 0.915. The van der Waals surface area contributed by atoms with Crippen LogP contribution in [0.2, 0.25) is 0 Å². The fourth-order valence-corrected chi connectivity index (χ4v) is 3.30. The molecule has 3 nitrogen and oxygen atoms in total. The van der Waals surface area contributed by atoms with E-state index in [-0.39, 0.29) is 11.8 Å². The van der Waals surface area contributed by atoms with Gasteiger partial charge in [-0.05, 0) is 31.5 Å². The number of rotatable bonds is 4. The topological polar surface area (TPSA) is 42.0 Å². The van der Waals surface area contributed by atoms with Gasteiger partial charge in [-0.1, -0.05) is 60.7 Å². The number of nitrogens with one attached hydrogen (secondary N) is 1. The third-order valence-corrected chi connectivity index (χ3v) is 4.63. The molecule has 0 radical (unpaired) electrons. The summed E-state index contributed by atoms with van der Waals surface area (Å²) in [6.07, 6.45) is 1.96. The molecule has 0 amide bonds. The Morgan fingerprint density at radius 2 is 1.44 bits per heavy atom. The predicted octanol–water partition coefficient (Wildman–Crippen LogP) is 4.35. The van der Waals surface area contributed by atoms with Gasteiger partial charge in [0.2, 0.25) is 0 Å². The van der Waals surface area contributed by atoms with Crippen molar-refractivity contribution in [2.45, 2.75) is 18.9 Å². The van der Waals surface area contributed by atoms with E-state index in [1.165, 1.54) is 0 Å². The first-order valence-electron chi connectivity index (χ1n) is 8.72. The zero-order chi connectivity index (χ0) is 17.1. The number of pyridine rings is 1. The molecule has 0 saturated carbocycles. The van der Waals surface area contributed by atoms with E-state index >= 15 is 0 Å². The Labute approximate surface area is 147 Å². The van der Waals surface area contributed by atoms with Crippen LogP contribution < -0.4 is 5.32 Å². The monoisotopic (exact) mass is 328 g/mol. The Morgan fingerprint density at radius 3 is 1.92 bits per heavy atom. The molecule has 0 bridgehead atoms. The number of hydrogen-bond acceptors (Lipinski definition) is 3. The highest BCUT2D eigenvalue weighted by Gasteiger charge is 2.24. The summed E-state index contributed by atoms with van der Waals surface area (Å²) in [5.41, 5.74) is 4.45. The van der Waals surface area contributed by atoms with Crippen LogP contribution in [-0.2, 0) is 0 Å². The van der Waals surface area contributed by atoms with Crippen LogP contribution in [0.3, 0.4) is 0 Å². The van der Waals surface area contributed by atoms with Gasteiger partial charge in [0, 0.05) is 16.7 Å². The Hall–Kier alpha value is -2.78. The van der Waals surface area contributed by atoms with Gasteiger partial charge >= 0.3 is 0 Å². The molecule has 0 spiro atoms. The van der Waals surface area contributed by atoms with E-state index in [4.69, 9.17) is 4.98 Å². The largest absolute Gasteiger partial charge is 0.307 e. The van der Waals surface area contributed by atoms with E-state index in [9.17, 15) is 4.79 Å². The van der Waals surface area contributed by atoms with Crippen molar-refractivity contribution in [3.05, 3.63) is 78.4 Å². The molecule has 1 aromatic heterocycles. The molecule has 2 heterocycles. The fourth-order valence-electron chi connectivity index (χ4n) is 3.30. The highest BCUT2D eigenvalue weighted by Crippen LogP contribution is 2.26. The second-order valence-corrected chi connectivity index (χ2v) is 6.37. The Kier molecular flexibility index (Phi) is 4.40. The van der Waals surface area contributed by atoms with E-state index in [1.54, 1.807) is 0 Å². The number of benzene rings is 2. The molecule has 2 aromatic carbocycles. The number of hydrogen-bond donors (Lipinski definition) is 1. The molecule has 25 heavy (non-hydrogen) atoms. The smallest absolute Gasteiger partial charge is 0.179 e. The van der Waals surface area contributed by atoms with Crippen LogP contribution in [0.25, 0.3) is 22.5 Å². The average molecular weight is 328 g/mol. The zero-order valence-electron chi connectivity index (χ0n) is 14.0. The second kappa shape index (κ2) is 6.99. The van der Waals surface area contributed by atoms with E-state index in [0.29, 0.717) is 0 Å². The van der Waals surface area contributed by atoms with Gasteiger partial charge in [0.05, 0.1) is 17.4 Å². The SMILES string of the molecule is O=C(c1cc(-c2ccccc2)nc(-c2ccccc2)c1)C1CCCN1. The molecule has 1 aliphatic heterocycles. The summed E-state index contributed by atoms with van der Waals surface area (Å²) in [7, 11) is 0. The molecule has 124 valence electrons. The van der Waals surface area contributed by atoms with Crippen molar-refractivity contribution >= 4 is 5.78 Å². The number of nitrogens with zero attached hydrogens (tertiary/aromatic N) is 1. The van der Waals surface area contributed by atoms with E-state index in [2.05, 4.69) is 5.32 Å². The molecule has 4 rings (SSSR count). The fraction of sp³-hybridized carbons (Fsp3) is 0.182. The van der Waals surface area contributed by atoms with Crippen LogP contribution in [0.5, 0.6) is 0 Å². The minimum atomic E-state index is -0.0744. The lowest BCUT2D eigenvalue weighted by Gasteiger charge is -2.12. The van der Waals surface area contributed by atoms with Crippen LogP contribution in [0.1, 0.15) is 23.2 Å². The van der Waals surface area contributed by atoms with Gasteiger partial charge in [-0.2, -0.15) is 0 Å². The van der Waals surface area contributed by atoms with Gasteiger partial charge in [-0.25, -0.2) is 4.98 Å². The van der Waals surface area contributed by atoms with Crippen molar-refractivity contribution in [3.63, 3.8) is 0 Å². The molecule has 1 aliphatic rings. The zero-order valence-corrected chi connectivity index (χ0v) is 14.0. The average Bonchev–Trinajstić information content (AvgIpc) is 3.23. The quantitative estimate of drug-likeness (QED) is 0.724. The summed E-state index contributed by atoms with van der Waals surface area (Å²) in [5, 5.41) is 3.30. The maximum atomic E-state index is 12.9. The normalized spacial score (nSPS) is 16.7. The van der Waals surface area contributed by atoms with Crippen LogP contribution in [0.15, 0.2) is 72.8 Å². The molecule has 3 heteroatoms. The standard InChI is InChI=1S/C22H20N2O/c25-22(19-12-7-13-23-19)18-14-20(16-8-3-1-4-9-16)24-21(15-18)17-10-5-2-6-11-17/h1-6,8-11,14-15,19,23H,7,12-13H2. The number of ketones is 1.